The molecule has 2 rings (SSSR count). The quantitative estimate of drug-likeness (QED) is 0.815. The molecule has 0 aliphatic heterocycles. The van der Waals surface area contributed by atoms with Crippen LogP contribution in [0.1, 0.15) is 31.4 Å². The molecule has 0 unspecified atom stereocenters. The number of urea groups is 1. The molecule has 0 saturated carbocycles. The molecular weight excluding hydrogens is 272 g/mol. The van der Waals surface area contributed by atoms with Gasteiger partial charge >= 0.3 is 6.03 Å². The Morgan fingerprint density at radius 2 is 1.68 bits per heavy atom. The van der Waals surface area contributed by atoms with Crippen molar-refractivity contribution in [3.05, 3.63) is 65.7 Å². The van der Waals surface area contributed by atoms with E-state index in [2.05, 4.69) is 29.7 Å². The Bertz CT molecular complexity index is 578. The SMILES string of the molecule is CCc1ccc(NC(=O)N[C@H](C)CCc2ccccc2)cc1. The third-order valence-corrected chi connectivity index (χ3v) is 3.71. The Kier molecular flexibility index (Phi) is 6.01. The second-order valence-corrected chi connectivity index (χ2v) is 5.57. The summed E-state index contributed by atoms with van der Waals surface area (Å²) in [5.41, 5.74) is 3.39. The van der Waals surface area contributed by atoms with Gasteiger partial charge in [-0.2, -0.15) is 0 Å². The summed E-state index contributed by atoms with van der Waals surface area (Å²) in [5.74, 6) is 0. The maximum absolute atomic E-state index is 12.0. The Morgan fingerprint density at radius 3 is 2.32 bits per heavy atom. The van der Waals surface area contributed by atoms with E-state index in [9.17, 15) is 4.79 Å². The lowest BCUT2D eigenvalue weighted by Crippen LogP contribution is -2.36. The van der Waals surface area contributed by atoms with Crippen LogP contribution in [0.5, 0.6) is 0 Å². The molecule has 3 nitrogen and oxygen atoms in total. The number of nitrogens with one attached hydrogen (secondary N) is 2. The molecule has 22 heavy (non-hydrogen) atoms. The standard InChI is InChI=1S/C19H24N2O/c1-3-16-11-13-18(14-12-16)21-19(22)20-15(2)9-10-17-7-5-4-6-8-17/h4-8,11-15H,3,9-10H2,1-2H3,(H2,20,21,22)/t15-/m1/s1. The summed E-state index contributed by atoms with van der Waals surface area (Å²) >= 11 is 0. The van der Waals surface area contributed by atoms with Gasteiger partial charge in [-0.05, 0) is 49.4 Å². The zero-order valence-electron chi connectivity index (χ0n) is 13.3. The normalized spacial score (nSPS) is 11.7. The van der Waals surface area contributed by atoms with Gasteiger partial charge in [0.2, 0.25) is 0 Å². The topological polar surface area (TPSA) is 41.1 Å². The van der Waals surface area contributed by atoms with Crippen LogP contribution in [-0.2, 0) is 12.8 Å². The monoisotopic (exact) mass is 296 g/mol. The van der Waals surface area contributed by atoms with Crippen LogP contribution in [-0.4, -0.2) is 12.1 Å². The third-order valence-electron chi connectivity index (χ3n) is 3.71. The van der Waals surface area contributed by atoms with Crippen LogP contribution < -0.4 is 10.6 Å². The second kappa shape index (κ2) is 8.23. The first kappa shape index (κ1) is 16.1. The highest BCUT2D eigenvalue weighted by Crippen LogP contribution is 2.10. The number of carbonyl (C=O) groups excluding carboxylic acids is 1. The van der Waals surface area contributed by atoms with Crippen LogP contribution >= 0.6 is 0 Å². The lowest BCUT2D eigenvalue weighted by Gasteiger charge is -2.15. The first-order valence-corrected chi connectivity index (χ1v) is 7.87. The van der Waals surface area contributed by atoms with Crippen molar-refractivity contribution in [3.63, 3.8) is 0 Å². The van der Waals surface area contributed by atoms with E-state index >= 15 is 0 Å². The van der Waals surface area contributed by atoms with Gasteiger partial charge in [0.1, 0.15) is 0 Å². The van der Waals surface area contributed by atoms with Gasteiger partial charge in [-0.15, -0.1) is 0 Å². The van der Waals surface area contributed by atoms with E-state index in [-0.39, 0.29) is 12.1 Å². The van der Waals surface area contributed by atoms with Crippen molar-refractivity contribution in [2.75, 3.05) is 5.32 Å². The van der Waals surface area contributed by atoms with Crippen molar-refractivity contribution in [3.8, 4) is 0 Å². The molecule has 2 aromatic carbocycles. The van der Waals surface area contributed by atoms with E-state index < -0.39 is 0 Å². The number of carbonyl (C=O) groups is 1. The molecule has 0 aromatic heterocycles. The van der Waals surface area contributed by atoms with Gasteiger partial charge < -0.3 is 10.6 Å². The van der Waals surface area contributed by atoms with Gasteiger partial charge in [0, 0.05) is 11.7 Å². The molecule has 2 aromatic rings. The number of hydrogen-bond donors (Lipinski definition) is 2. The molecule has 0 fully saturated rings. The fraction of sp³-hybridized carbons (Fsp3) is 0.316. The van der Waals surface area contributed by atoms with Gasteiger partial charge in [0.25, 0.3) is 0 Å². The molecule has 116 valence electrons. The molecule has 0 aliphatic carbocycles. The van der Waals surface area contributed by atoms with E-state index in [4.69, 9.17) is 0 Å². The largest absolute Gasteiger partial charge is 0.335 e. The van der Waals surface area contributed by atoms with E-state index in [1.54, 1.807) is 0 Å². The third kappa shape index (κ3) is 5.24. The molecule has 0 spiro atoms. The zero-order valence-corrected chi connectivity index (χ0v) is 13.3. The van der Waals surface area contributed by atoms with Crippen molar-refractivity contribution in [2.45, 2.75) is 39.2 Å². The fourth-order valence-corrected chi connectivity index (χ4v) is 2.31. The Hall–Kier alpha value is -2.29. The smallest absolute Gasteiger partial charge is 0.319 e. The minimum atomic E-state index is -0.148. The van der Waals surface area contributed by atoms with Gasteiger partial charge in [0.15, 0.2) is 0 Å². The number of hydrogen-bond acceptors (Lipinski definition) is 1. The number of rotatable bonds is 6. The summed E-state index contributed by atoms with van der Waals surface area (Å²) in [6.07, 6.45) is 2.89. The summed E-state index contributed by atoms with van der Waals surface area (Å²) in [6.45, 7) is 4.15. The average Bonchev–Trinajstić information content (AvgIpc) is 2.54. The van der Waals surface area contributed by atoms with Crippen molar-refractivity contribution in [1.82, 2.24) is 5.32 Å². The highest BCUT2D eigenvalue weighted by atomic mass is 16.2. The van der Waals surface area contributed by atoms with Crippen molar-refractivity contribution < 1.29 is 4.79 Å². The minimum Gasteiger partial charge on any atom is -0.335 e. The Morgan fingerprint density at radius 1 is 1.00 bits per heavy atom. The highest BCUT2D eigenvalue weighted by Gasteiger charge is 2.07. The van der Waals surface area contributed by atoms with Crippen LogP contribution in [0.2, 0.25) is 0 Å². The van der Waals surface area contributed by atoms with Crippen molar-refractivity contribution in [2.24, 2.45) is 0 Å². The van der Waals surface area contributed by atoms with Crippen LogP contribution in [0.3, 0.4) is 0 Å². The van der Waals surface area contributed by atoms with Crippen LogP contribution in [0.25, 0.3) is 0 Å². The second-order valence-electron chi connectivity index (χ2n) is 5.57. The molecule has 0 saturated heterocycles. The molecular formula is C19H24N2O. The number of amides is 2. The molecule has 2 N–H and O–H groups in total. The van der Waals surface area contributed by atoms with Gasteiger partial charge in [-0.1, -0.05) is 49.4 Å². The molecule has 2 amide bonds. The van der Waals surface area contributed by atoms with E-state index in [1.807, 2.05) is 49.4 Å². The average molecular weight is 296 g/mol. The van der Waals surface area contributed by atoms with Crippen molar-refractivity contribution >= 4 is 11.7 Å². The highest BCUT2D eigenvalue weighted by molar-refractivity contribution is 5.89. The molecule has 0 radical (unpaired) electrons. The fourth-order valence-electron chi connectivity index (χ4n) is 2.31. The van der Waals surface area contributed by atoms with Gasteiger partial charge in [-0.25, -0.2) is 4.79 Å². The number of aryl methyl sites for hydroxylation is 2. The Balaban J connectivity index is 1.75. The lowest BCUT2D eigenvalue weighted by atomic mass is 10.1. The summed E-state index contributed by atoms with van der Waals surface area (Å²) in [4.78, 5) is 12.0. The molecule has 3 heteroatoms. The summed E-state index contributed by atoms with van der Waals surface area (Å²) < 4.78 is 0. The molecule has 0 bridgehead atoms. The van der Waals surface area contributed by atoms with E-state index in [0.29, 0.717) is 0 Å². The number of benzene rings is 2. The lowest BCUT2D eigenvalue weighted by molar-refractivity contribution is 0.248. The Labute approximate surface area is 132 Å². The number of anilines is 1. The zero-order chi connectivity index (χ0) is 15.8. The summed E-state index contributed by atoms with van der Waals surface area (Å²) in [6, 6.07) is 18.3. The van der Waals surface area contributed by atoms with E-state index in [1.165, 1.54) is 11.1 Å². The van der Waals surface area contributed by atoms with E-state index in [0.717, 1.165) is 24.9 Å². The van der Waals surface area contributed by atoms with Gasteiger partial charge in [0.05, 0.1) is 0 Å². The summed E-state index contributed by atoms with van der Waals surface area (Å²) in [5, 5.41) is 5.85. The van der Waals surface area contributed by atoms with Crippen LogP contribution in [0, 0.1) is 0 Å². The molecule has 1 atom stereocenters. The molecule has 0 heterocycles. The maximum Gasteiger partial charge on any atom is 0.319 e. The molecule has 0 aliphatic rings. The first-order chi connectivity index (χ1) is 10.7. The summed E-state index contributed by atoms with van der Waals surface area (Å²) in [7, 11) is 0. The predicted octanol–water partition coefficient (Wildman–Crippen LogP) is 4.39. The predicted molar refractivity (Wildman–Crippen MR) is 92.2 cm³/mol. The maximum atomic E-state index is 12.0. The van der Waals surface area contributed by atoms with Gasteiger partial charge in [-0.3, -0.25) is 0 Å². The first-order valence-electron chi connectivity index (χ1n) is 7.87. The minimum absolute atomic E-state index is 0.134. The van der Waals surface area contributed by atoms with Crippen LogP contribution in [0.4, 0.5) is 10.5 Å². The van der Waals surface area contributed by atoms with Crippen molar-refractivity contribution in [1.29, 1.82) is 0 Å². The van der Waals surface area contributed by atoms with Crippen LogP contribution in [0.15, 0.2) is 54.6 Å².